The van der Waals surface area contributed by atoms with Gasteiger partial charge in [0.05, 0.1) is 0 Å². The maximum absolute atomic E-state index is 10.0. The molecule has 0 unspecified atom stereocenters. The van der Waals surface area contributed by atoms with Gasteiger partial charge in [-0.3, -0.25) is 4.79 Å². The summed E-state index contributed by atoms with van der Waals surface area (Å²) in [5.74, 6) is -0.951. The fourth-order valence-electron chi connectivity index (χ4n) is 0.384. The maximum Gasteiger partial charge on any atom is 0.320 e. The van der Waals surface area contributed by atoms with Crippen molar-refractivity contribution in [1.29, 1.82) is 0 Å². The lowest BCUT2D eigenvalue weighted by Gasteiger charge is -1.98. The van der Waals surface area contributed by atoms with E-state index in [1.165, 1.54) is 0 Å². The molecule has 0 aromatic carbocycles. The molecule has 0 aromatic rings. The van der Waals surface area contributed by atoms with Gasteiger partial charge in [0.25, 0.3) is 0 Å². The molecule has 0 heterocycles. The normalized spacial score (nSPS) is 12.6. The van der Waals surface area contributed by atoms with E-state index in [-0.39, 0.29) is 12.4 Å². The third-order valence-electron chi connectivity index (χ3n) is 0.943. The number of nitrogens with two attached hydrogens (primary N) is 1. The summed E-state index contributed by atoms with van der Waals surface area (Å²) in [7, 11) is 0. The highest BCUT2D eigenvalue weighted by Crippen LogP contribution is 1.88. The van der Waals surface area contributed by atoms with Crippen molar-refractivity contribution >= 4 is 18.4 Å². The van der Waals surface area contributed by atoms with Gasteiger partial charge >= 0.3 is 5.97 Å². The van der Waals surface area contributed by atoms with Gasteiger partial charge in [0.1, 0.15) is 6.04 Å². The van der Waals surface area contributed by atoms with Crippen molar-refractivity contribution in [2.75, 3.05) is 0 Å². The average molecular weight is 166 g/mol. The van der Waals surface area contributed by atoms with Crippen LogP contribution in [0.4, 0.5) is 0 Å². The van der Waals surface area contributed by atoms with Gasteiger partial charge in [-0.1, -0.05) is 12.2 Å². The maximum atomic E-state index is 10.0. The second kappa shape index (κ2) is 6.58. The van der Waals surface area contributed by atoms with Crippen molar-refractivity contribution in [2.24, 2.45) is 5.73 Å². The summed E-state index contributed by atoms with van der Waals surface area (Å²) in [4.78, 5) is 10.0. The Morgan fingerprint density at radius 3 is 2.60 bits per heavy atom. The molecule has 60 valence electrons. The zero-order chi connectivity index (χ0) is 7.28. The quantitative estimate of drug-likeness (QED) is 0.608. The molecule has 0 amide bonds. The second-order valence-corrected chi connectivity index (χ2v) is 1.75. The van der Waals surface area contributed by atoms with Crippen molar-refractivity contribution in [2.45, 2.75) is 19.4 Å². The van der Waals surface area contributed by atoms with Gasteiger partial charge in [0.15, 0.2) is 0 Å². The molecular formula is C6H12ClNO2. The number of hydrogen-bond acceptors (Lipinski definition) is 2. The van der Waals surface area contributed by atoms with Crippen LogP contribution in [0.5, 0.6) is 0 Å². The standard InChI is InChI=1S/C6H11NO2.ClH/c1-2-3-4-5(7)6(8)9;/h2-3,5H,4,7H2,1H3,(H,8,9);1H/t5-;/m1./s1. The van der Waals surface area contributed by atoms with Crippen molar-refractivity contribution in [3.05, 3.63) is 12.2 Å². The molecule has 1 atom stereocenters. The molecular weight excluding hydrogens is 154 g/mol. The van der Waals surface area contributed by atoms with Crippen molar-refractivity contribution in [3.8, 4) is 0 Å². The van der Waals surface area contributed by atoms with E-state index in [1.807, 2.05) is 6.92 Å². The fourth-order valence-corrected chi connectivity index (χ4v) is 0.384. The van der Waals surface area contributed by atoms with E-state index in [2.05, 4.69) is 0 Å². The second-order valence-electron chi connectivity index (χ2n) is 1.75. The minimum Gasteiger partial charge on any atom is -0.480 e. The first-order chi connectivity index (χ1) is 4.18. The van der Waals surface area contributed by atoms with Gasteiger partial charge in [0, 0.05) is 0 Å². The highest BCUT2D eigenvalue weighted by molar-refractivity contribution is 5.85. The predicted octanol–water partition coefficient (Wildman–Crippen LogP) is 0.786. The van der Waals surface area contributed by atoms with Gasteiger partial charge < -0.3 is 10.8 Å². The Morgan fingerprint density at radius 1 is 1.80 bits per heavy atom. The SMILES string of the molecule is CC=CC[C@@H](N)C(=O)O.Cl. The van der Waals surface area contributed by atoms with E-state index < -0.39 is 12.0 Å². The molecule has 3 N–H and O–H groups in total. The summed E-state index contributed by atoms with van der Waals surface area (Å²) < 4.78 is 0. The van der Waals surface area contributed by atoms with E-state index in [0.29, 0.717) is 6.42 Å². The molecule has 0 rings (SSSR count). The minimum atomic E-state index is -0.951. The summed E-state index contributed by atoms with van der Waals surface area (Å²) in [6.45, 7) is 1.83. The van der Waals surface area contributed by atoms with Gasteiger partial charge in [-0.25, -0.2) is 0 Å². The number of aliphatic carboxylic acids is 1. The van der Waals surface area contributed by atoms with Crippen LogP contribution < -0.4 is 5.73 Å². The third-order valence-corrected chi connectivity index (χ3v) is 0.943. The number of carbonyl (C=O) groups is 1. The Bertz CT molecular complexity index is 125. The number of carboxylic acids is 1. The smallest absolute Gasteiger partial charge is 0.320 e. The van der Waals surface area contributed by atoms with Crippen LogP contribution in [-0.4, -0.2) is 17.1 Å². The predicted molar refractivity (Wildman–Crippen MR) is 42.3 cm³/mol. The number of carboxylic acid groups (broad SMARTS) is 1. The molecule has 0 spiro atoms. The van der Waals surface area contributed by atoms with Crippen molar-refractivity contribution in [1.82, 2.24) is 0 Å². The number of rotatable bonds is 3. The Hall–Kier alpha value is -0.540. The highest BCUT2D eigenvalue weighted by Gasteiger charge is 2.07. The number of allylic oxidation sites excluding steroid dienone is 1. The topological polar surface area (TPSA) is 63.3 Å². The Morgan fingerprint density at radius 2 is 2.30 bits per heavy atom. The molecule has 0 aliphatic carbocycles. The molecule has 0 aromatic heterocycles. The first kappa shape index (κ1) is 12.2. The summed E-state index contributed by atoms with van der Waals surface area (Å²) >= 11 is 0. The summed E-state index contributed by atoms with van der Waals surface area (Å²) in [6, 6.07) is -0.749. The molecule has 0 radical (unpaired) electrons. The van der Waals surface area contributed by atoms with E-state index >= 15 is 0 Å². The summed E-state index contributed by atoms with van der Waals surface area (Å²) in [5, 5.41) is 8.25. The molecule has 0 bridgehead atoms. The van der Waals surface area contributed by atoms with Crippen LogP contribution in [0.15, 0.2) is 12.2 Å². The lowest BCUT2D eigenvalue weighted by molar-refractivity contribution is -0.138. The van der Waals surface area contributed by atoms with Crippen LogP contribution in [0.1, 0.15) is 13.3 Å². The van der Waals surface area contributed by atoms with E-state index in [4.69, 9.17) is 10.8 Å². The van der Waals surface area contributed by atoms with Gasteiger partial charge in [-0.15, -0.1) is 12.4 Å². The molecule has 4 heteroatoms. The Labute approximate surface area is 66.3 Å². The lowest BCUT2D eigenvalue weighted by Crippen LogP contribution is -2.29. The van der Waals surface area contributed by atoms with E-state index in [9.17, 15) is 4.79 Å². The first-order valence-electron chi connectivity index (χ1n) is 2.78. The van der Waals surface area contributed by atoms with Crippen LogP contribution in [-0.2, 0) is 4.79 Å². The van der Waals surface area contributed by atoms with Crippen molar-refractivity contribution in [3.63, 3.8) is 0 Å². The summed E-state index contributed by atoms with van der Waals surface area (Å²) in [6.07, 6.45) is 3.92. The minimum absolute atomic E-state index is 0. The average Bonchev–Trinajstić information content (AvgIpc) is 1.82. The van der Waals surface area contributed by atoms with Crippen LogP contribution >= 0.6 is 12.4 Å². The van der Waals surface area contributed by atoms with Gasteiger partial charge in [-0.2, -0.15) is 0 Å². The summed E-state index contributed by atoms with van der Waals surface area (Å²) in [5.41, 5.74) is 5.15. The molecule has 0 aliphatic heterocycles. The van der Waals surface area contributed by atoms with Gasteiger partial charge in [-0.05, 0) is 13.3 Å². The third kappa shape index (κ3) is 5.59. The number of hydrogen-bond donors (Lipinski definition) is 2. The monoisotopic (exact) mass is 165 g/mol. The molecule has 0 aliphatic rings. The van der Waals surface area contributed by atoms with Crippen LogP contribution in [0, 0.1) is 0 Å². The van der Waals surface area contributed by atoms with E-state index in [0.717, 1.165) is 0 Å². The molecule has 0 saturated heterocycles. The molecule has 0 saturated carbocycles. The molecule has 0 fully saturated rings. The first-order valence-corrected chi connectivity index (χ1v) is 2.78. The zero-order valence-electron chi connectivity index (χ0n) is 5.78. The Kier molecular flexibility index (Phi) is 8.00. The molecule has 10 heavy (non-hydrogen) atoms. The van der Waals surface area contributed by atoms with Crippen LogP contribution in [0.3, 0.4) is 0 Å². The Balaban J connectivity index is 0. The van der Waals surface area contributed by atoms with Crippen LogP contribution in [0.2, 0.25) is 0 Å². The highest BCUT2D eigenvalue weighted by atomic mass is 35.5. The van der Waals surface area contributed by atoms with Gasteiger partial charge in [0.2, 0.25) is 0 Å². The van der Waals surface area contributed by atoms with E-state index in [1.54, 1.807) is 12.2 Å². The van der Waals surface area contributed by atoms with Crippen molar-refractivity contribution < 1.29 is 9.90 Å². The van der Waals surface area contributed by atoms with Crippen LogP contribution in [0.25, 0.3) is 0 Å². The number of halogens is 1. The fraction of sp³-hybridized carbons (Fsp3) is 0.500. The largest absolute Gasteiger partial charge is 0.480 e. The molecule has 3 nitrogen and oxygen atoms in total. The zero-order valence-corrected chi connectivity index (χ0v) is 6.60. The lowest BCUT2D eigenvalue weighted by atomic mass is 10.2.